The van der Waals surface area contributed by atoms with Crippen LogP contribution in [0.2, 0.25) is 0 Å². The average Bonchev–Trinajstić information content (AvgIpc) is 3.25. The third kappa shape index (κ3) is 2.39. The van der Waals surface area contributed by atoms with Crippen molar-refractivity contribution in [3.05, 3.63) is 35.1 Å². The number of aromatic nitrogens is 2. The van der Waals surface area contributed by atoms with Crippen LogP contribution in [0.3, 0.4) is 0 Å². The molecule has 4 rings (SSSR count). The Morgan fingerprint density at radius 2 is 1.85 bits per heavy atom. The summed E-state index contributed by atoms with van der Waals surface area (Å²) < 4.78 is 0. The summed E-state index contributed by atoms with van der Waals surface area (Å²) in [6.07, 6.45) is 13.4. The fourth-order valence-electron chi connectivity index (χ4n) is 3.33. The minimum Gasteiger partial charge on any atom is -0.264 e. The molecule has 2 fully saturated rings. The van der Waals surface area contributed by atoms with Crippen molar-refractivity contribution in [1.82, 2.24) is 9.97 Å². The lowest BCUT2D eigenvalue weighted by molar-refractivity contribution is 0.438. The second-order valence-electron chi connectivity index (χ2n) is 6.15. The van der Waals surface area contributed by atoms with Crippen molar-refractivity contribution in [2.75, 3.05) is 0 Å². The Bertz CT molecular complexity index is 595. The van der Waals surface area contributed by atoms with Crippen molar-refractivity contribution >= 4 is 11.3 Å². The van der Waals surface area contributed by atoms with Crippen LogP contribution in [0.1, 0.15) is 68.0 Å². The maximum absolute atomic E-state index is 4.95. The normalized spacial score (nSPS) is 20.2. The molecule has 0 atom stereocenters. The van der Waals surface area contributed by atoms with Gasteiger partial charge >= 0.3 is 0 Å². The van der Waals surface area contributed by atoms with Gasteiger partial charge in [0.15, 0.2) is 0 Å². The van der Waals surface area contributed by atoms with E-state index in [4.69, 9.17) is 4.98 Å². The molecular weight excluding hydrogens is 264 g/mol. The van der Waals surface area contributed by atoms with Crippen LogP contribution in [0, 0.1) is 0 Å². The molecule has 2 nitrogen and oxygen atoms in total. The quantitative estimate of drug-likeness (QED) is 0.780. The summed E-state index contributed by atoms with van der Waals surface area (Å²) in [5, 5.41) is 3.47. The molecule has 2 aliphatic carbocycles. The number of thiazole rings is 1. The number of nitrogens with zero attached hydrogens (tertiary/aromatic N) is 2. The van der Waals surface area contributed by atoms with Gasteiger partial charge in [-0.25, -0.2) is 4.98 Å². The maximum Gasteiger partial charge on any atom is 0.125 e. The molecule has 0 saturated heterocycles. The molecule has 0 amide bonds. The van der Waals surface area contributed by atoms with Gasteiger partial charge in [0.05, 0.1) is 5.69 Å². The Labute approximate surface area is 124 Å². The lowest BCUT2D eigenvalue weighted by Crippen LogP contribution is -2.04. The first kappa shape index (κ1) is 12.5. The summed E-state index contributed by atoms with van der Waals surface area (Å²) in [7, 11) is 0. The van der Waals surface area contributed by atoms with Gasteiger partial charge in [0.25, 0.3) is 0 Å². The van der Waals surface area contributed by atoms with Gasteiger partial charge in [0.2, 0.25) is 0 Å². The van der Waals surface area contributed by atoms with Crippen LogP contribution < -0.4 is 0 Å². The van der Waals surface area contributed by atoms with E-state index >= 15 is 0 Å². The van der Waals surface area contributed by atoms with E-state index in [1.54, 1.807) is 11.3 Å². The molecule has 2 aliphatic rings. The third-order valence-electron chi connectivity index (χ3n) is 4.65. The van der Waals surface area contributed by atoms with E-state index in [1.807, 2.05) is 12.4 Å². The van der Waals surface area contributed by atoms with Crippen LogP contribution in [0.25, 0.3) is 10.6 Å². The molecule has 2 heterocycles. The van der Waals surface area contributed by atoms with Crippen LogP contribution >= 0.6 is 11.3 Å². The van der Waals surface area contributed by atoms with E-state index in [0.29, 0.717) is 5.92 Å². The van der Waals surface area contributed by atoms with E-state index in [-0.39, 0.29) is 0 Å². The number of pyridine rings is 1. The molecule has 0 aromatic carbocycles. The molecule has 0 bridgehead atoms. The third-order valence-corrected chi connectivity index (χ3v) is 5.54. The van der Waals surface area contributed by atoms with Gasteiger partial charge in [-0.15, -0.1) is 11.3 Å². The average molecular weight is 284 g/mol. The van der Waals surface area contributed by atoms with E-state index in [2.05, 4.69) is 16.4 Å². The molecule has 2 aromatic rings. The summed E-state index contributed by atoms with van der Waals surface area (Å²) in [4.78, 5) is 9.27. The fourth-order valence-corrected chi connectivity index (χ4v) is 4.26. The van der Waals surface area contributed by atoms with Crippen LogP contribution in [0.5, 0.6) is 0 Å². The molecule has 0 unspecified atom stereocenters. The first-order valence-electron chi connectivity index (χ1n) is 7.81. The Morgan fingerprint density at radius 3 is 2.65 bits per heavy atom. The van der Waals surface area contributed by atoms with Crippen molar-refractivity contribution in [2.45, 2.75) is 56.8 Å². The minimum absolute atomic E-state index is 0.704. The zero-order chi connectivity index (χ0) is 13.4. The van der Waals surface area contributed by atoms with Crippen molar-refractivity contribution in [1.29, 1.82) is 0 Å². The Balaban J connectivity index is 1.64. The summed E-state index contributed by atoms with van der Waals surface area (Å²) in [5.74, 6) is 1.46. The van der Waals surface area contributed by atoms with Crippen LogP contribution in [-0.4, -0.2) is 9.97 Å². The summed E-state index contributed by atoms with van der Waals surface area (Å²) >= 11 is 1.80. The van der Waals surface area contributed by atoms with Gasteiger partial charge in [-0.05, 0) is 43.2 Å². The van der Waals surface area contributed by atoms with Crippen molar-refractivity contribution < 1.29 is 0 Å². The Hall–Kier alpha value is -1.22. The van der Waals surface area contributed by atoms with Gasteiger partial charge in [-0.1, -0.05) is 19.3 Å². The number of hydrogen-bond acceptors (Lipinski definition) is 3. The lowest BCUT2D eigenvalue weighted by Gasteiger charge is -2.19. The first-order valence-corrected chi connectivity index (χ1v) is 8.69. The molecule has 104 valence electrons. The van der Waals surface area contributed by atoms with Crippen LogP contribution in [0.4, 0.5) is 0 Å². The van der Waals surface area contributed by atoms with Crippen LogP contribution in [-0.2, 0) is 0 Å². The summed E-state index contributed by atoms with van der Waals surface area (Å²) in [6, 6.07) is 2.19. The highest BCUT2D eigenvalue weighted by atomic mass is 32.1. The molecule has 0 radical (unpaired) electrons. The highest BCUT2D eigenvalue weighted by Gasteiger charge is 2.27. The fraction of sp³-hybridized carbons (Fsp3) is 0.529. The predicted molar refractivity (Wildman–Crippen MR) is 83.1 cm³/mol. The standard InChI is InChI=1S/C17H20N2S/c1-2-4-13(5-3-1)16-11-20-17(19-16)15-10-18-9-8-14(15)12-6-7-12/h8-13H,1-7H2. The first-order chi connectivity index (χ1) is 9.92. The molecule has 2 saturated carbocycles. The van der Waals surface area contributed by atoms with Crippen LogP contribution in [0.15, 0.2) is 23.8 Å². The SMILES string of the molecule is c1cc(C2CC2)c(-c2nc(C3CCCCC3)cs2)cn1. The van der Waals surface area contributed by atoms with Gasteiger partial charge in [-0.3, -0.25) is 4.98 Å². The van der Waals surface area contributed by atoms with E-state index in [0.717, 1.165) is 5.92 Å². The van der Waals surface area contributed by atoms with E-state index in [9.17, 15) is 0 Å². The van der Waals surface area contributed by atoms with E-state index in [1.165, 1.54) is 66.8 Å². The molecule has 0 aliphatic heterocycles. The smallest absolute Gasteiger partial charge is 0.125 e. The second kappa shape index (κ2) is 5.28. The van der Waals surface area contributed by atoms with Gasteiger partial charge < -0.3 is 0 Å². The highest BCUT2D eigenvalue weighted by molar-refractivity contribution is 7.13. The minimum atomic E-state index is 0.704. The van der Waals surface area contributed by atoms with Crippen molar-refractivity contribution in [2.24, 2.45) is 0 Å². The lowest BCUT2D eigenvalue weighted by atomic mass is 9.87. The maximum atomic E-state index is 4.95. The van der Waals surface area contributed by atoms with E-state index < -0.39 is 0 Å². The van der Waals surface area contributed by atoms with Crippen molar-refractivity contribution in [3.63, 3.8) is 0 Å². The molecule has 0 spiro atoms. The monoisotopic (exact) mass is 284 g/mol. The zero-order valence-electron chi connectivity index (χ0n) is 11.7. The van der Waals surface area contributed by atoms with Crippen molar-refractivity contribution in [3.8, 4) is 10.6 Å². The Kier molecular flexibility index (Phi) is 3.31. The summed E-state index contributed by atoms with van der Waals surface area (Å²) in [5.41, 5.74) is 4.07. The second-order valence-corrected chi connectivity index (χ2v) is 7.01. The molecule has 2 aromatic heterocycles. The molecule has 20 heavy (non-hydrogen) atoms. The number of rotatable bonds is 3. The highest BCUT2D eigenvalue weighted by Crippen LogP contribution is 2.45. The largest absolute Gasteiger partial charge is 0.264 e. The molecule has 0 N–H and O–H groups in total. The topological polar surface area (TPSA) is 25.8 Å². The predicted octanol–water partition coefficient (Wildman–Crippen LogP) is 5.13. The Morgan fingerprint density at radius 1 is 1.00 bits per heavy atom. The van der Waals surface area contributed by atoms with Gasteiger partial charge in [-0.2, -0.15) is 0 Å². The number of hydrogen-bond donors (Lipinski definition) is 0. The van der Waals surface area contributed by atoms with Gasteiger partial charge in [0, 0.05) is 29.3 Å². The van der Waals surface area contributed by atoms with Gasteiger partial charge in [0.1, 0.15) is 5.01 Å². The molecule has 3 heteroatoms. The molecular formula is C17H20N2S. The zero-order valence-corrected chi connectivity index (χ0v) is 12.5. The summed E-state index contributed by atoms with van der Waals surface area (Å²) in [6.45, 7) is 0.